The highest BCUT2D eigenvalue weighted by Crippen LogP contribution is 2.70. The van der Waals surface area contributed by atoms with Gasteiger partial charge in [-0.1, -0.05) is 89.5 Å². The molecule has 2 saturated carbocycles. The molecule has 18 heteroatoms. The van der Waals surface area contributed by atoms with E-state index in [4.69, 9.17) is 17.8 Å². The summed E-state index contributed by atoms with van der Waals surface area (Å²) in [7, 11) is -12.6. The maximum absolute atomic E-state index is 14.8. The number of hydrogen-bond acceptors (Lipinski definition) is 13. The van der Waals surface area contributed by atoms with E-state index in [1.54, 1.807) is 32.1 Å². The lowest BCUT2D eigenvalue weighted by atomic mass is 9.69. The number of ketones is 1. The molecule has 1 N–H and O–H groups in total. The Bertz CT molecular complexity index is 2280. The topological polar surface area (TPSA) is 179 Å². The number of epoxide rings is 1. The standard InChI is InChI=1S/C50H88N2O11S3Si2/c1-32(21-20-23-50(30-60-65(15,56)57)41(61-50)27-38(62-67(16,17)45(5,6)7)33(2)25-37-29-64-35(4)51-37)43(54)34(3)44(55)47(11,12)40(63-68(18,19)46(8,9)10)28-42(53)52-39-26-36-22-24-49(39,48(36,13)14)31-66(52,58)59/h25,29,32,34,36,38-41,43,54H,20-24,26-28,30-31H2,1-19H3/b33-25+/t32-,34+,36?,38-,39?,40-,41-,43-,49+,50-/m0/s1. The zero-order valence-corrected chi connectivity index (χ0v) is 49.4. The molecule has 0 aromatic carbocycles. The molecule has 3 heterocycles. The van der Waals surface area contributed by atoms with Crippen molar-refractivity contribution in [2.24, 2.45) is 34.0 Å². The predicted molar refractivity (Wildman–Crippen MR) is 277 cm³/mol. The minimum atomic E-state index is -3.89. The van der Waals surface area contributed by atoms with Gasteiger partial charge < -0.3 is 18.7 Å². The third-order valence-corrected chi connectivity index (χ3v) is 30.3. The molecule has 10 atom stereocenters. The van der Waals surface area contributed by atoms with Crippen LogP contribution < -0.4 is 0 Å². The molecule has 13 nitrogen and oxygen atoms in total. The van der Waals surface area contributed by atoms with E-state index in [2.05, 4.69) is 92.6 Å². The second-order valence-corrected chi connectivity index (χ2v) is 39.6. The number of Topliss-reactive ketones (excluding diaryl/α,β-unsaturated/α-hetero) is 1. The highest BCUT2D eigenvalue weighted by molar-refractivity contribution is 7.90. The van der Waals surface area contributed by atoms with E-state index in [0.717, 1.165) is 35.4 Å². The Morgan fingerprint density at radius 2 is 1.63 bits per heavy atom. The Labute approximate surface area is 417 Å². The zero-order valence-electron chi connectivity index (χ0n) is 45.0. The van der Waals surface area contributed by atoms with Crippen molar-refractivity contribution in [1.82, 2.24) is 9.29 Å². The minimum Gasteiger partial charge on any atom is -0.412 e. The molecule has 5 rings (SSSR count). The lowest BCUT2D eigenvalue weighted by molar-refractivity contribution is -0.143. The number of thiazole rings is 1. The number of rotatable bonds is 22. The number of hydrogen-bond donors (Lipinski definition) is 1. The quantitative estimate of drug-likeness (QED) is 0.0661. The van der Waals surface area contributed by atoms with Crippen molar-refractivity contribution < 1.29 is 49.3 Å². The average Bonchev–Trinajstić information content (AvgIpc) is 3.31. The number of ether oxygens (including phenoxy) is 1. The lowest BCUT2D eigenvalue weighted by Crippen LogP contribution is -2.54. The van der Waals surface area contributed by atoms with E-state index >= 15 is 0 Å². The first kappa shape index (κ1) is 57.5. The molecule has 4 aliphatic rings. The molecule has 2 bridgehead atoms. The molecular formula is C50H88N2O11S3Si2. The molecule has 390 valence electrons. The monoisotopic (exact) mass is 1040 g/mol. The van der Waals surface area contributed by atoms with Crippen LogP contribution in [0.3, 0.4) is 0 Å². The van der Waals surface area contributed by atoms with Gasteiger partial charge in [-0.15, -0.1) is 11.3 Å². The molecule has 2 unspecified atom stereocenters. The van der Waals surface area contributed by atoms with Gasteiger partial charge in [-0.05, 0) is 111 Å². The van der Waals surface area contributed by atoms with E-state index in [9.17, 15) is 31.5 Å². The van der Waals surface area contributed by atoms with Crippen LogP contribution in [0.25, 0.3) is 6.08 Å². The summed E-state index contributed by atoms with van der Waals surface area (Å²) in [5.74, 6) is -1.66. The normalized spacial score (nSPS) is 28.6. The molecule has 1 spiro atoms. The van der Waals surface area contributed by atoms with Crippen molar-refractivity contribution in [2.75, 3.05) is 18.6 Å². The third kappa shape index (κ3) is 11.7. The van der Waals surface area contributed by atoms with Crippen LogP contribution in [0.15, 0.2) is 11.0 Å². The van der Waals surface area contributed by atoms with Gasteiger partial charge in [0.2, 0.25) is 15.9 Å². The molecular weight excluding hydrogens is 957 g/mol. The summed E-state index contributed by atoms with van der Waals surface area (Å²) >= 11 is 1.58. The molecule has 2 aliphatic heterocycles. The van der Waals surface area contributed by atoms with Gasteiger partial charge >= 0.3 is 0 Å². The van der Waals surface area contributed by atoms with Crippen LogP contribution in [0.5, 0.6) is 0 Å². The summed E-state index contributed by atoms with van der Waals surface area (Å²) in [5, 5.41) is 14.6. The van der Waals surface area contributed by atoms with Crippen LogP contribution in [0.2, 0.25) is 36.3 Å². The summed E-state index contributed by atoms with van der Waals surface area (Å²) < 4.78 is 79.6. The summed E-state index contributed by atoms with van der Waals surface area (Å²) in [4.78, 5) is 34.0. The fraction of sp³-hybridized carbons (Fsp3) is 0.860. The molecule has 0 radical (unpaired) electrons. The van der Waals surface area contributed by atoms with E-state index in [1.807, 2.05) is 26.2 Å². The predicted octanol–water partition coefficient (Wildman–Crippen LogP) is 10.3. The number of aliphatic hydroxyl groups is 1. The Morgan fingerprint density at radius 1 is 1.04 bits per heavy atom. The lowest BCUT2D eigenvalue weighted by Gasteiger charge is -2.45. The molecule has 1 amide bonds. The fourth-order valence-corrected chi connectivity index (χ4v) is 17.4. The number of carbonyl (C=O) groups excluding carboxylic acids is 2. The van der Waals surface area contributed by atoms with E-state index < -0.39 is 83.3 Å². The van der Waals surface area contributed by atoms with Gasteiger partial charge in [0.15, 0.2) is 16.6 Å². The van der Waals surface area contributed by atoms with Gasteiger partial charge in [0.1, 0.15) is 11.4 Å². The fourth-order valence-electron chi connectivity index (χ4n) is 11.1. The number of carbonyl (C=O) groups is 2. The van der Waals surface area contributed by atoms with Crippen LogP contribution in [0.4, 0.5) is 0 Å². The number of aromatic nitrogens is 1. The first-order chi connectivity index (χ1) is 30.6. The summed E-state index contributed by atoms with van der Waals surface area (Å²) in [6.45, 7) is 36.7. The van der Waals surface area contributed by atoms with Crippen LogP contribution in [0.1, 0.15) is 152 Å². The largest absolute Gasteiger partial charge is 0.412 e. The molecule has 68 heavy (non-hydrogen) atoms. The SMILES string of the molecule is C/C(=C\c1csc(C)n1)[C@H](C[C@@H]1O[C@@]1(CCC[C@H](C)[C@H](O)[C@@H](C)C(=O)C(C)(C)[C@H](CC(=O)N1C2CC3CC[C@]2(CS1(=O)=O)C3(C)C)O[Si](C)(C)C(C)(C)C)COS(C)(=O)=O)O[Si](C)(C)C(C)(C)C. The maximum atomic E-state index is 14.8. The van der Waals surface area contributed by atoms with Crippen LogP contribution in [-0.4, -0.2) is 114 Å². The number of fused-ring (bicyclic) bond motifs is 1. The summed E-state index contributed by atoms with van der Waals surface area (Å²) in [6.07, 6.45) is 4.61. The van der Waals surface area contributed by atoms with E-state index in [0.29, 0.717) is 38.0 Å². The van der Waals surface area contributed by atoms with Crippen LogP contribution >= 0.6 is 11.3 Å². The van der Waals surface area contributed by atoms with Crippen molar-refractivity contribution in [1.29, 1.82) is 0 Å². The Kier molecular flexibility index (Phi) is 16.5. The average molecular weight is 1050 g/mol. The molecule has 4 fully saturated rings. The smallest absolute Gasteiger partial charge is 0.264 e. The Hall–Kier alpha value is -1.36. The van der Waals surface area contributed by atoms with Crippen molar-refractivity contribution in [3.8, 4) is 0 Å². The van der Waals surface area contributed by atoms with Gasteiger partial charge in [0, 0.05) is 28.5 Å². The summed E-state index contributed by atoms with van der Waals surface area (Å²) in [6, 6.07) is -0.396. The van der Waals surface area contributed by atoms with E-state index in [1.165, 1.54) is 4.31 Å². The number of aryl methyl sites for hydroxylation is 1. The third-order valence-electron chi connectivity index (χ3n) is 18.1. The molecule has 2 aliphatic carbocycles. The molecule has 2 saturated heterocycles. The van der Waals surface area contributed by atoms with Crippen molar-refractivity contribution in [3.05, 3.63) is 21.7 Å². The van der Waals surface area contributed by atoms with Gasteiger partial charge in [0.05, 0.1) is 66.2 Å². The summed E-state index contributed by atoms with van der Waals surface area (Å²) in [5.41, 5.74) is -0.964. The van der Waals surface area contributed by atoms with Gasteiger partial charge in [-0.3, -0.25) is 13.8 Å². The second-order valence-electron chi connectivity index (χ2n) is 25.5. The highest BCUT2D eigenvalue weighted by Gasteiger charge is 2.72. The molecule has 1 aromatic heterocycles. The van der Waals surface area contributed by atoms with E-state index in [-0.39, 0.29) is 58.2 Å². The van der Waals surface area contributed by atoms with Crippen LogP contribution in [-0.2, 0) is 47.5 Å². The highest BCUT2D eigenvalue weighted by atomic mass is 32.2. The van der Waals surface area contributed by atoms with Gasteiger partial charge in [-0.25, -0.2) is 17.7 Å². The second kappa shape index (κ2) is 19.5. The Morgan fingerprint density at radius 3 is 2.16 bits per heavy atom. The Balaban J connectivity index is 1.31. The number of nitrogens with zero attached hydrogens (tertiary/aromatic N) is 2. The van der Waals surface area contributed by atoms with Gasteiger partial charge in [-0.2, -0.15) is 8.42 Å². The first-order valence-electron chi connectivity index (χ1n) is 24.9. The first-order valence-corrected chi connectivity index (χ1v) is 35.0. The maximum Gasteiger partial charge on any atom is 0.264 e. The molecule has 1 aromatic rings. The van der Waals surface area contributed by atoms with Gasteiger partial charge in [0.25, 0.3) is 10.1 Å². The minimum absolute atomic E-state index is 0.0352. The number of sulfonamides is 1. The number of amides is 1. The van der Waals surface area contributed by atoms with Crippen molar-refractivity contribution in [2.45, 2.75) is 221 Å². The van der Waals surface area contributed by atoms with Crippen molar-refractivity contribution in [3.63, 3.8) is 0 Å². The van der Waals surface area contributed by atoms with Crippen molar-refractivity contribution >= 4 is 65.9 Å². The number of aliphatic hydroxyl groups excluding tert-OH is 1. The zero-order chi connectivity index (χ0) is 51.8. The van der Waals surface area contributed by atoms with Crippen LogP contribution in [0, 0.1) is 40.9 Å².